The lowest BCUT2D eigenvalue weighted by atomic mass is 10.1. The number of hydrogen-bond acceptors (Lipinski definition) is 2. The van der Waals surface area contributed by atoms with Gasteiger partial charge < -0.3 is 15.6 Å². The number of H-pyrrole nitrogens is 1. The summed E-state index contributed by atoms with van der Waals surface area (Å²) in [7, 11) is 0. The van der Waals surface area contributed by atoms with Crippen LogP contribution in [0.15, 0.2) is 41.8 Å². The maximum Gasteiger partial charge on any atom is 0.191 e. The van der Waals surface area contributed by atoms with Gasteiger partial charge in [-0.15, -0.1) is 24.0 Å². The normalized spacial score (nSPS) is 11.5. The Labute approximate surface area is 182 Å². The number of benzene rings is 1. The number of nitrogens with zero attached hydrogens (tertiary/aromatic N) is 3. The topological polar surface area (TPSA) is 70.0 Å². The van der Waals surface area contributed by atoms with E-state index in [2.05, 4.69) is 32.6 Å². The minimum atomic E-state index is -0.221. The van der Waals surface area contributed by atoms with Crippen LogP contribution in [0.1, 0.15) is 24.5 Å². The smallest absolute Gasteiger partial charge is 0.191 e. The minimum absolute atomic E-state index is 0. The average Bonchev–Trinajstić information content (AvgIpc) is 3.24. The summed E-state index contributed by atoms with van der Waals surface area (Å²) in [4.78, 5) is 7.75. The van der Waals surface area contributed by atoms with Gasteiger partial charge in [0, 0.05) is 49.5 Å². The molecule has 0 aliphatic carbocycles. The van der Waals surface area contributed by atoms with Crippen LogP contribution in [0.2, 0.25) is 0 Å². The third-order valence-electron chi connectivity index (χ3n) is 4.34. The van der Waals surface area contributed by atoms with E-state index >= 15 is 0 Å². The summed E-state index contributed by atoms with van der Waals surface area (Å²) < 4.78 is 15.2. The molecule has 0 fully saturated rings. The van der Waals surface area contributed by atoms with E-state index in [1.807, 2.05) is 36.3 Å². The number of aromatic nitrogens is 3. The van der Waals surface area contributed by atoms with Gasteiger partial charge in [0.05, 0.1) is 6.20 Å². The quantitative estimate of drug-likeness (QED) is 0.192. The van der Waals surface area contributed by atoms with Gasteiger partial charge in [0.15, 0.2) is 5.96 Å². The van der Waals surface area contributed by atoms with Crippen molar-refractivity contribution in [2.75, 3.05) is 19.6 Å². The van der Waals surface area contributed by atoms with E-state index in [0.717, 1.165) is 55.9 Å². The first-order chi connectivity index (χ1) is 13.2. The fourth-order valence-corrected chi connectivity index (χ4v) is 3.04. The SMILES string of the molecule is CCNC(=NCCCn1cc(C)cn1)NCCc1c[nH]c2cc(F)ccc12.I. The number of halogens is 2. The molecule has 0 amide bonds. The molecule has 6 nitrogen and oxygen atoms in total. The van der Waals surface area contributed by atoms with Crippen molar-refractivity contribution in [1.82, 2.24) is 25.4 Å². The van der Waals surface area contributed by atoms with Gasteiger partial charge in [0.1, 0.15) is 5.82 Å². The van der Waals surface area contributed by atoms with Crippen molar-refractivity contribution in [2.24, 2.45) is 4.99 Å². The molecular weight excluding hydrogens is 470 g/mol. The van der Waals surface area contributed by atoms with E-state index in [4.69, 9.17) is 0 Å². The van der Waals surface area contributed by atoms with Crippen LogP contribution >= 0.6 is 24.0 Å². The van der Waals surface area contributed by atoms with E-state index < -0.39 is 0 Å². The molecule has 1 aromatic carbocycles. The first-order valence-corrected chi connectivity index (χ1v) is 9.42. The Bertz CT molecular complexity index is 901. The van der Waals surface area contributed by atoms with E-state index in [1.165, 1.54) is 23.3 Å². The molecule has 2 aromatic heterocycles. The Balaban J connectivity index is 0.00000280. The van der Waals surface area contributed by atoms with Crippen molar-refractivity contribution >= 4 is 40.8 Å². The van der Waals surface area contributed by atoms with E-state index in [1.54, 1.807) is 0 Å². The molecule has 28 heavy (non-hydrogen) atoms. The summed E-state index contributed by atoms with van der Waals surface area (Å²) in [6.07, 6.45) is 7.63. The number of fused-ring (bicyclic) bond motifs is 1. The minimum Gasteiger partial charge on any atom is -0.361 e. The highest BCUT2D eigenvalue weighted by molar-refractivity contribution is 14.0. The highest BCUT2D eigenvalue weighted by atomic mass is 127. The molecule has 0 saturated carbocycles. The second-order valence-electron chi connectivity index (χ2n) is 6.58. The Kier molecular flexibility index (Phi) is 8.75. The predicted octanol–water partition coefficient (Wildman–Crippen LogP) is 3.62. The molecule has 152 valence electrons. The maximum atomic E-state index is 13.3. The lowest BCUT2D eigenvalue weighted by molar-refractivity contribution is 0.583. The molecular formula is C20H28FIN6. The molecule has 3 N–H and O–H groups in total. The van der Waals surface area contributed by atoms with Crippen LogP contribution in [0.3, 0.4) is 0 Å². The van der Waals surface area contributed by atoms with Crippen molar-refractivity contribution in [2.45, 2.75) is 33.2 Å². The highest BCUT2D eigenvalue weighted by Crippen LogP contribution is 2.19. The number of hydrogen-bond donors (Lipinski definition) is 3. The molecule has 3 rings (SSSR count). The van der Waals surface area contributed by atoms with Gasteiger partial charge in [-0.2, -0.15) is 5.10 Å². The van der Waals surface area contributed by atoms with Crippen LogP contribution in [0.4, 0.5) is 4.39 Å². The molecule has 0 aliphatic heterocycles. The van der Waals surface area contributed by atoms with Crippen molar-refractivity contribution in [3.63, 3.8) is 0 Å². The largest absolute Gasteiger partial charge is 0.361 e. The molecule has 0 atom stereocenters. The van der Waals surface area contributed by atoms with Crippen LogP contribution in [0.5, 0.6) is 0 Å². The second-order valence-corrected chi connectivity index (χ2v) is 6.58. The van der Waals surface area contributed by atoms with Crippen molar-refractivity contribution in [1.29, 1.82) is 0 Å². The van der Waals surface area contributed by atoms with Gasteiger partial charge in [0.25, 0.3) is 0 Å². The number of aromatic amines is 1. The summed E-state index contributed by atoms with van der Waals surface area (Å²) >= 11 is 0. The van der Waals surface area contributed by atoms with Gasteiger partial charge in [0.2, 0.25) is 0 Å². The van der Waals surface area contributed by atoms with Crippen molar-refractivity contribution in [3.8, 4) is 0 Å². The number of aliphatic imine (C=N–C) groups is 1. The van der Waals surface area contributed by atoms with E-state index in [0.29, 0.717) is 0 Å². The van der Waals surface area contributed by atoms with Crippen LogP contribution in [-0.4, -0.2) is 40.4 Å². The fraction of sp³-hybridized carbons (Fsp3) is 0.400. The molecule has 0 spiro atoms. The molecule has 0 saturated heterocycles. The lowest BCUT2D eigenvalue weighted by Gasteiger charge is -2.11. The Morgan fingerprint density at radius 3 is 2.93 bits per heavy atom. The molecule has 0 unspecified atom stereocenters. The zero-order valence-corrected chi connectivity index (χ0v) is 18.7. The fourth-order valence-electron chi connectivity index (χ4n) is 3.04. The van der Waals surface area contributed by atoms with Crippen LogP contribution in [0, 0.1) is 12.7 Å². The van der Waals surface area contributed by atoms with E-state index in [9.17, 15) is 4.39 Å². The molecule has 0 aliphatic rings. The summed E-state index contributed by atoms with van der Waals surface area (Å²) in [5.74, 6) is 0.598. The van der Waals surface area contributed by atoms with E-state index in [-0.39, 0.29) is 29.8 Å². The van der Waals surface area contributed by atoms with Crippen molar-refractivity contribution in [3.05, 3.63) is 53.7 Å². The average molecular weight is 498 g/mol. The van der Waals surface area contributed by atoms with Gasteiger partial charge in [-0.1, -0.05) is 0 Å². The first-order valence-electron chi connectivity index (χ1n) is 9.42. The molecule has 0 radical (unpaired) electrons. The van der Waals surface area contributed by atoms with Gasteiger partial charge >= 0.3 is 0 Å². The first kappa shape index (κ1) is 22.2. The number of aryl methyl sites for hydroxylation is 2. The standard InChI is InChI=1S/C20H27FN6.HI/c1-3-22-20(23-8-4-10-27-14-15(2)12-26-27)24-9-7-16-13-25-19-11-17(21)5-6-18(16)19;/h5-6,11-14,25H,3-4,7-10H2,1-2H3,(H2,22,23,24);1H. The number of rotatable bonds is 8. The van der Waals surface area contributed by atoms with Gasteiger partial charge in [-0.25, -0.2) is 4.39 Å². The summed E-state index contributed by atoms with van der Waals surface area (Å²) in [5, 5.41) is 12.0. The lowest BCUT2D eigenvalue weighted by Crippen LogP contribution is -2.38. The predicted molar refractivity (Wildman–Crippen MR) is 123 cm³/mol. The summed E-state index contributed by atoms with van der Waals surface area (Å²) in [6, 6.07) is 4.85. The highest BCUT2D eigenvalue weighted by Gasteiger charge is 2.05. The Hall–Kier alpha value is -2.10. The Morgan fingerprint density at radius 2 is 2.18 bits per heavy atom. The molecule has 8 heteroatoms. The van der Waals surface area contributed by atoms with Crippen molar-refractivity contribution < 1.29 is 4.39 Å². The van der Waals surface area contributed by atoms with Crippen LogP contribution in [0.25, 0.3) is 10.9 Å². The zero-order valence-electron chi connectivity index (χ0n) is 16.3. The second kappa shape index (κ2) is 11.0. The summed E-state index contributed by atoms with van der Waals surface area (Å²) in [6.45, 7) is 7.27. The van der Waals surface area contributed by atoms with Gasteiger partial charge in [-0.05, 0) is 56.0 Å². The third-order valence-corrected chi connectivity index (χ3v) is 4.34. The third kappa shape index (κ3) is 6.22. The van der Waals surface area contributed by atoms with Crippen LogP contribution in [-0.2, 0) is 13.0 Å². The molecule has 0 bridgehead atoms. The van der Waals surface area contributed by atoms with Crippen LogP contribution < -0.4 is 10.6 Å². The van der Waals surface area contributed by atoms with Gasteiger partial charge in [-0.3, -0.25) is 9.67 Å². The molecule has 2 heterocycles. The zero-order chi connectivity index (χ0) is 19.1. The number of nitrogens with one attached hydrogen (secondary N) is 3. The monoisotopic (exact) mass is 498 g/mol. The molecule has 3 aromatic rings. The maximum absolute atomic E-state index is 13.3. The number of guanidine groups is 1. The summed E-state index contributed by atoms with van der Waals surface area (Å²) in [5.41, 5.74) is 3.18. The Morgan fingerprint density at radius 1 is 1.32 bits per heavy atom.